The first-order chi connectivity index (χ1) is 16.1. The highest BCUT2D eigenvalue weighted by Gasteiger charge is 2.40. The number of aromatic nitrogens is 2. The predicted molar refractivity (Wildman–Crippen MR) is 116 cm³/mol. The molecule has 0 unspecified atom stereocenters. The third-order valence-electron chi connectivity index (χ3n) is 5.34. The average molecular weight is 489 g/mol. The van der Waals surface area contributed by atoms with Crippen LogP contribution in [0.15, 0.2) is 15.8 Å². The lowest BCUT2D eigenvalue weighted by Crippen LogP contribution is -2.37. The fourth-order valence-corrected chi connectivity index (χ4v) is 3.49. The highest BCUT2D eigenvalue weighted by molar-refractivity contribution is 5.67. The molecule has 1 aliphatic rings. The Labute approximate surface area is 195 Å². The molecule has 0 spiro atoms. The highest BCUT2D eigenvalue weighted by atomic mass is 19.4. The van der Waals surface area contributed by atoms with Crippen molar-refractivity contribution in [1.29, 1.82) is 0 Å². The number of aromatic amines is 1. The van der Waals surface area contributed by atoms with Gasteiger partial charge >= 0.3 is 18.0 Å². The van der Waals surface area contributed by atoms with E-state index >= 15 is 0 Å². The van der Waals surface area contributed by atoms with Crippen molar-refractivity contribution in [2.45, 2.75) is 70.6 Å². The van der Waals surface area contributed by atoms with Gasteiger partial charge in [0.25, 0.3) is 5.56 Å². The van der Waals surface area contributed by atoms with Crippen molar-refractivity contribution in [2.75, 3.05) is 26.3 Å². The minimum absolute atomic E-state index is 0.0392. The molecule has 3 atom stereocenters. The van der Waals surface area contributed by atoms with Gasteiger partial charge in [-0.1, -0.05) is 32.6 Å². The molecule has 2 heterocycles. The Morgan fingerprint density at radius 3 is 2.50 bits per heavy atom. The predicted octanol–water partition coefficient (Wildman–Crippen LogP) is 2.90. The number of halogens is 3. The van der Waals surface area contributed by atoms with E-state index in [1.807, 2.05) is 13.8 Å². The van der Waals surface area contributed by atoms with Crippen LogP contribution in [0, 0.1) is 12.3 Å². The summed E-state index contributed by atoms with van der Waals surface area (Å²) in [7, 11) is 0. The van der Waals surface area contributed by atoms with Crippen LogP contribution in [0.4, 0.5) is 18.0 Å². The molecule has 1 saturated heterocycles. The van der Waals surface area contributed by atoms with Crippen LogP contribution >= 0.6 is 0 Å². The molecule has 9 nitrogen and oxygen atoms in total. The van der Waals surface area contributed by atoms with E-state index in [2.05, 4.69) is 5.92 Å². The van der Waals surface area contributed by atoms with Crippen LogP contribution in [0.5, 0.6) is 0 Å². The molecule has 1 aromatic rings. The summed E-state index contributed by atoms with van der Waals surface area (Å²) in [5.74, 6) is 2.29. The fraction of sp³-hybridized carbons (Fsp3) is 0.682. The van der Waals surface area contributed by atoms with Crippen LogP contribution in [0.2, 0.25) is 0 Å². The number of carbonyl (C=O) groups is 1. The molecule has 1 aromatic heterocycles. The minimum Gasteiger partial charge on any atom is -0.447 e. The Morgan fingerprint density at radius 2 is 1.94 bits per heavy atom. The molecule has 0 saturated carbocycles. The van der Waals surface area contributed by atoms with Crippen molar-refractivity contribution in [1.82, 2.24) is 14.5 Å². The number of nitrogens with zero attached hydrogens (tertiary/aromatic N) is 2. The van der Waals surface area contributed by atoms with Gasteiger partial charge in [-0.2, -0.15) is 13.2 Å². The number of rotatable bonds is 11. The summed E-state index contributed by atoms with van der Waals surface area (Å²) >= 11 is 0. The van der Waals surface area contributed by atoms with E-state index in [0.717, 1.165) is 25.7 Å². The van der Waals surface area contributed by atoms with Crippen molar-refractivity contribution >= 4 is 6.09 Å². The molecule has 1 N–H and O–H groups in total. The molecule has 12 heteroatoms. The maximum atomic E-state index is 13.1. The summed E-state index contributed by atoms with van der Waals surface area (Å²) in [5.41, 5.74) is -4.15. The van der Waals surface area contributed by atoms with E-state index in [-0.39, 0.29) is 19.6 Å². The van der Waals surface area contributed by atoms with Gasteiger partial charge in [-0.15, -0.1) is 6.42 Å². The van der Waals surface area contributed by atoms with Gasteiger partial charge < -0.3 is 19.1 Å². The van der Waals surface area contributed by atoms with Crippen LogP contribution < -0.4 is 11.2 Å². The Bertz CT molecular complexity index is 960. The number of hydrogen-bond donors (Lipinski definition) is 1. The van der Waals surface area contributed by atoms with Crippen LogP contribution in [0.1, 0.15) is 57.7 Å². The molecular formula is C22H30F3N3O6. The summed E-state index contributed by atoms with van der Waals surface area (Å²) in [6.45, 7) is 4.72. The molecule has 1 fully saturated rings. The molecule has 2 rings (SSSR count). The average Bonchev–Trinajstić information content (AvgIpc) is 3.17. The zero-order valence-electron chi connectivity index (χ0n) is 19.2. The smallest absolute Gasteiger partial charge is 0.423 e. The maximum absolute atomic E-state index is 13.1. The lowest BCUT2D eigenvalue weighted by atomic mass is 10.2. The molecule has 0 radical (unpaired) electrons. The first-order valence-electron chi connectivity index (χ1n) is 11.2. The number of hydrogen-bond acceptors (Lipinski definition) is 6. The van der Waals surface area contributed by atoms with Crippen molar-refractivity contribution in [2.24, 2.45) is 0 Å². The minimum atomic E-state index is -4.96. The number of alkyl halides is 3. The van der Waals surface area contributed by atoms with Crippen molar-refractivity contribution < 1.29 is 32.2 Å². The van der Waals surface area contributed by atoms with Crippen molar-refractivity contribution in [3.8, 4) is 12.3 Å². The largest absolute Gasteiger partial charge is 0.447 e. The third kappa shape index (κ3) is 7.36. The van der Waals surface area contributed by atoms with E-state index < -0.39 is 47.5 Å². The van der Waals surface area contributed by atoms with Gasteiger partial charge in [0.2, 0.25) is 0 Å². The van der Waals surface area contributed by atoms with Crippen molar-refractivity contribution in [3.05, 3.63) is 32.6 Å². The second-order valence-electron chi connectivity index (χ2n) is 7.90. The lowest BCUT2D eigenvalue weighted by molar-refractivity contribution is -0.139. The van der Waals surface area contributed by atoms with Crippen LogP contribution in [0.3, 0.4) is 0 Å². The molecule has 0 aliphatic carbocycles. The number of carbonyl (C=O) groups excluding carboxylic acids is 1. The van der Waals surface area contributed by atoms with E-state index in [1.54, 1.807) is 9.88 Å². The Hall–Kier alpha value is -2.78. The summed E-state index contributed by atoms with van der Waals surface area (Å²) < 4.78 is 56.7. The van der Waals surface area contributed by atoms with Gasteiger partial charge in [-0.25, -0.2) is 9.59 Å². The zero-order valence-corrected chi connectivity index (χ0v) is 19.2. The Kier molecular flexibility index (Phi) is 10.2. The summed E-state index contributed by atoms with van der Waals surface area (Å²) in [4.78, 5) is 39.6. The van der Waals surface area contributed by atoms with Gasteiger partial charge in [0, 0.05) is 25.7 Å². The number of amides is 1. The number of H-pyrrole nitrogens is 1. The molecule has 1 amide bonds. The van der Waals surface area contributed by atoms with Gasteiger partial charge in [0.05, 0.1) is 6.10 Å². The first-order valence-corrected chi connectivity index (χ1v) is 11.2. The zero-order chi connectivity index (χ0) is 25.3. The summed E-state index contributed by atoms with van der Waals surface area (Å²) in [6, 6.07) is 0. The number of ether oxygens (including phenoxy) is 3. The number of nitrogens with one attached hydrogen (secondary N) is 1. The van der Waals surface area contributed by atoms with E-state index in [0.29, 0.717) is 23.9 Å². The van der Waals surface area contributed by atoms with Gasteiger partial charge in [0.1, 0.15) is 31.1 Å². The molecule has 190 valence electrons. The van der Waals surface area contributed by atoms with E-state index in [1.165, 1.54) is 0 Å². The standard InChI is InChI=1S/C22H30F3N3O6/c1-4-7-9-27(10-8-5-2)21(31)33-14-17-16(32-11-6-3)12-18(34-17)28-13-15(22(23,24)25)19(29)26-20(28)30/h3,13,16-18H,4-5,7-12,14H2,1-2H3,(H,26,29,30)/t16-,17+,18+/m0/s1. The molecule has 1 aliphatic heterocycles. The molecule has 34 heavy (non-hydrogen) atoms. The second-order valence-corrected chi connectivity index (χ2v) is 7.90. The van der Waals surface area contributed by atoms with Gasteiger partial charge in [-0.3, -0.25) is 14.3 Å². The summed E-state index contributed by atoms with van der Waals surface area (Å²) in [6.07, 6.45) is 0.718. The fourth-order valence-electron chi connectivity index (χ4n) is 3.49. The topological polar surface area (TPSA) is 103 Å². The molecule has 0 aromatic carbocycles. The lowest BCUT2D eigenvalue weighted by Gasteiger charge is -2.24. The van der Waals surface area contributed by atoms with Gasteiger partial charge in [0.15, 0.2) is 0 Å². The maximum Gasteiger partial charge on any atom is 0.423 e. The van der Waals surface area contributed by atoms with Crippen LogP contribution in [-0.2, 0) is 20.4 Å². The number of terminal acetylenes is 1. The van der Waals surface area contributed by atoms with Gasteiger partial charge in [-0.05, 0) is 12.8 Å². The number of unbranched alkanes of at least 4 members (excludes halogenated alkanes) is 2. The third-order valence-corrected chi connectivity index (χ3v) is 5.34. The Balaban J connectivity index is 2.17. The normalized spacial score (nSPS) is 20.2. The first kappa shape index (κ1) is 27.5. The van der Waals surface area contributed by atoms with Crippen LogP contribution in [0.25, 0.3) is 0 Å². The Morgan fingerprint density at radius 1 is 1.29 bits per heavy atom. The van der Waals surface area contributed by atoms with Crippen molar-refractivity contribution in [3.63, 3.8) is 0 Å². The second kappa shape index (κ2) is 12.6. The monoisotopic (exact) mass is 489 g/mol. The molecular weight excluding hydrogens is 459 g/mol. The van der Waals surface area contributed by atoms with E-state index in [9.17, 15) is 27.6 Å². The van der Waals surface area contributed by atoms with E-state index in [4.69, 9.17) is 20.6 Å². The SMILES string of the molecule is C#CCO[C@H]1C[C@H](n2cc(C(F)(F)F)c(=O)[nH]c2=O)O[C@@H]1COC(=O)N(CCCC)CCCC. The highest BCUT2D eigenvalue weighted by Crippen LogP contribution is 2.32. The summed E-state index contributed by atoms with van der Waals surface area (Å²) in [5, 5.41) is 0. The quantitative estimate of drug-likeness (QED) is 0.480. The van der Waals surface area contributed by atoms with Crippen LogP contribution in [-0.4, -0.2) is 59.1 Å². The molecule has 0 bridgehead atoms.